The van der Waals surface area contributed by atoms with Crippen LogP contribution in [-0.2, 0) is 17.8 Å². The maximum absolute atomic E-state index is 13.8. The predicted molar refractivity (Wildman–Crippen MR) is 115 cm³/mol. The van der Waals surface area contributed by atoms with E-state index in [4.69, 9.17) is 21.1 Å². The van der Waals surface area contributed by atoms with Gasteiger partial charge in [-0.05, 0) is 41.5 Å². The van der Waals surface area contributed by atoms with E-state index in [1.165, 1.54) is 43.7 Å². The lowest BCUT2D eigenvalue weighted by Crippen LogP contribution is -2.19. The van der Waals surface area contributed by atoms with Crippen molar-refractivity contribution in [2.45, 2.75) is 13.0 Å². The Morgan fingerprint density at radius 2 is 1.87 bits per heavy atom. The largest absolute Gasteiger partial charge is 0.493 e. The predicted octanol–water partition coefficient (Wildman–Crippen LogP) is 4.90. The zero-order valence-electron chi connectivity index (χ0n) is 16.6. The summed E-state index contributed by atoms with van der Waals surface area (Å²) in [6, 6.07) is 15.1. The number of hydrogen-bond acceptors (Lipinski definition) is 4. The number of rotatable bonds is 8. The molecule has 160 valence electrons. The number of carbonyl (C=O) groups excluding carboxylic acids is 1. The molecule has 0 heterocycles. The molecule has 0 saturated carbocycles. The lowest BCUT2D eigenvalue weighted by atomic mass is 10.1. The number of amides is 1. The van der Waals surface area contributed by atoms with Gasteiger partial charge < -0.3 is 9.47 Å². The Balaban J connectivity index is 1.64. The summed E-state index contributed by atoms with van der Waals surface area (Å²) in [4.78, 5) is 12.0. The Kier molecular flexibility index (Phi) is 7.56. The minimum Gasteiger partial charge on any atom is -0.493 e. The van der Waals surface area contributed by atoms with E-state index in [0.29, 0.717) is 22.4 Å². The van der Waals surface area contributed by atoms with E-state index in [1.807, 2.05) is 0 Å². The fourth-order valence-corrected chi connectivity index (χ4v) is 3.00. The molecule has 1 N–H and O–H groups in total. The second-order valence-corrected chi connectivity index (χ2v) is 6.92. The number of methoxy groups -OCH3 is 1. The summed E-state index contributed by atoms with van der Waals surface area (Å²) < 4.78 is 37.7. The normalized spacial score (nSPS) is 10.8. The molecule has 31 heavy (non-hydrogen) atoms. The summed E-state index contributed by atoms with van der Waals surface area (Å²) in [5.41, 5.74) is 4.00. The highest BCUT2D eigenvalue weighted by Crippen LogP contribution is 2.36. The van der Waals surface area contributed by atoms with E-state index in [1.54, 1.807) is 30.3 Å². The smallest absolute Gasteiger partial charge is 0.244 e. The summed E-state index contributed by atoms with van der Waals surface area (Å²) in [6.07, 6.45) is 1.46. The van der Waals surface area contributed by atoms with Gasteiger partial charge in [-0.25, -0.2) is 14.2 Å². The molecular formula is C23H19ClF2N2O3. The first kappa shape index (κ1) is 22.2. The van der Waals surface area contributed by atoms with Crippen LogP contribution in [0.15, 0.2) is 65.8 Å². The lowest BCUT2D eigenvalue weighted by molar-refractivity contribution is -0.120. The third kappa shape index (κ3) is 6.26. The van der Waals surface area contributed by atoms with Crippen molar-refractivity contribution in [3.63, 3.8) is 0 Å². The van der Waals surface area contributed by atoms with Crippen molar-refractivity contribution in [2.24, 2.45) is 5.10 Å². The molecule has 0 fully saturated rings. The van der Waals surface area contributed by atoms with E-state index in [9.17, 15) is 13.6 Å². The standard InChI is InChI=1S/C23H19ClF2N2O3/c1-30-21-11-16(13-27-28-22(29)12-15-6-8-18(25)9-7-15)10-19(24)23(21)31-14-17-4-2-3-5-20(17)26/h2-11,13H,12,14H2,1H3,(H,28,29)/b27-13+. The number of ether oxygens (including phenoxy) is 2. The Morgan fingerprint density at radius 1 is 1.13 bits per heavy atom. The van der Waals surface area contributed by atoms with Crippen LogP contribution in [0.25, 0.3) is 0 Å². The van der Waals surface area contributed by atoms with Gasteiger partial charge in [0.05, 0.1) is 24.8 Å². The Labute approximate surface area is 183 Å². The first-order valence-corrected chi connectivity index (χ1v) is 9.64. The monoisotopic (exact) mass is 444 g/mol. The molecule has 3 aromatic rings. The van der Waals surface area contributed by atoms with E-state index in [0.717, 1.165) is 0 Å². The molecule has 5 nitrogen and oxygen atoms in total. The molecule has 8 heteroatoms. The van der Waals surface area contributed by atoms with E-state index < -0.39 is 0 Å². The maximum atomic E-state index is 13.8. The van der Waals surface area contributed by atoms with Crippen LogP contribution in [0.5, 0.6) is 11.5 Å². The first-order valence-electron chi connectivity index (χ1n) is 9.26. The quantitative estimate of drug-likeness (QED) is 0.397. The second-order valence-electron chi connectivity index (χ2n) is 6.51. The molecule has 1 amide bonds. The molecule has 3 aromatic carbocycles. The third-order valence-electron chi connectivity index (χ3n) is 4.26. The van der Waals surface area contributed by atoms with Crippen molar-refractivity contribution in [1.29, 1.82) is 0 Å². The average Bonchev–Trinajstić information content (AvgIpc) is 2.75. The summed E-state index contributed by atoms with van der Waals surface area (Å²) in [5.74, 6) is -0.495. The minimum absolute atomic E-state index is 0.0182. The molecule has 3 rings (SSSR count). The van der Waals surface area contributed by atoms with Crippen LogP contribution in [0.1, 0.15) is 16.7 Å². The van der Waals surface area contributed by atoms with Crippen LogP contribution in [0.2, 0.25) is 5.02 Å². The number of hydrazone groups is 1. The Morgan fingerprint density at radius 3 is 2.58 bits per heavy atom. The Bertz CT molecular complexity index is 1090. The molecular weight excluding hydrogens is 426 g/mol. The highest BCUT2D eigenvalue weighted by atomic mass is 35.5. The highest BCUT2D eigenvalue weighted by molar-refractivity contribution is 6.32. The SMILES string of the molecule is COc1cc(/C=N/NC(=O)Cc2ccc(F)cc2)cc(Cl)c1OCc1ccccc1F. The number of benzene rings is 3. The number of nitrogens with zero attached hydrogens (tertiary/aromatic N) is 1. The van der Waals surface area contributed by atoms with Crippen molar-refractivity contribution in [2.75, 3.05) is 7.11 Å². The van der Waals surface area contributed by atoms with Crippen LogP contribution in [-0.4, -0.2) is 19.2 Å². The third-order valence-corrected chi connectivity index (χ3v) is 4.54. The van der Waals surface area contributed by atoms with Crippen molar-refractivity contribution >= 4 is 23.7 Å². The molecule has 0 atom stereocenters. The molecule has 0 radical (unpaired) electrons. The molecule has 0 aliphatic rings. The average molecular weight is 445 g/mol. The van der Waals surface area contributed by atoms with Crippen LogP contribution in [0.4, 0.5) is 8.78 Å². The van der Waals surface area contributed by atoms with Gasteiger partial charge >= 0.3 is 0 Å². The van der Waals surface area contributed by atoms with Gasteiger partial charge in [0.2, 0.25) is 5.91 Å². The van der Waals surface area contributed by atoms with Crippen molar-refractivity contribution in [1.82, 2.24) is 5.43 Å². The molecule has 0 saturated heterocycles. The van der Waals surface area contributed by atoms with Gasteiger partial charge in [-0.1, -0.05) is 41.9 Å². The van der Waals surface area contributed by atoms with Crippen LogP contribution < -0.4 is 14.9 Å². The maximum Gasteiger partial charge on any atom is 0.244 e. The molecule has 0 aromatic heterocycles. The second kappa shape index (κ2) is 10.5. The fraction of sp³-hybridized carbons (Fsp3) is 0.130. The van der Waals surface area contributed by atoms with Gasteiger partial charge in [-0.2, -0.15) is 5.10 Å². The molecule has 0 aliphatic carbocycles. The van der Waals surface area contributed by atoms with E-state index in [-0.39, 0.29) is 41.3 Å². The van der Waals surface area contributed by atoms with Crippen LogP contribution in [0, 0.1) is 11.6 Å². The van der Waals surface area contributed by atoms with E-state index >= 15 is 0 Å². The zero-order valence-corrected chi connectivity index (χ0v) is 17.3. The minimum atomic E-state index is -0.377. The van der Waals surface area contributed by atoms with Crippen molar-refractivity contribution in [3.8, 4) is 11.5 Å². The van der Waals surface area contributed by atoms with Crippen molar-refractivity contribution in [3.05, 3.63) is 94.0 Å². The lowest BCUT2D eigenvalue weighted by Gasteiger charge is -2.13. The molecule has 0 bridgehead atoms. The molecule has 0 aliphatic heterocycles. The molecule has 0 unspecified atom stereocenters. The highest BCUT2D eigenvalue weighted by Gasteiger charge is 2.13. The summed E-state index contributed by atoms with van der Waals surface area (Å²) in [7, 11) is 1.45. The fourth-order valence-electron chi connectivity index (χ4n) is 2.73. The van der Waals surface area contributed by atoms with Crippen LogP contribution in [0.3, 0.4) is 0 Å². The van der Waals surface area contributed by atoms with Gasteiger partial charge in [0.15, 0.2) is 11.5 Å². The summed E-state index contributed by atoms with van der Waals surface area (Å²) in [6.45, 7) is -0.0182. The Hall–Kier alpha value is -3.45. The van der Waals surface area contributed by atoms with Gasteiger partial charge in [0.25, 0.3) is 0 Å². The summed E-state index contributed by atoms with van der Waals surface area (Å²) >= 11 is 6.30. The number of nitrogens with one attached hydrogen (secondary N) is 1. The van der Waals surface area contributed by atoms with Crippen molar-refractivity contribution < 1.29 is 23.0 Å². The van der Waals surface area contributed by atoms with Gasteiger partial charge in [0, 0.05) is 5.56 Å². The molecule has 0 spiro atoms. The van der Waals surface area contributed by atoms with Gasteiger partial charge in [0.1, 0.15) is 18.2 Å². The number of halogens is 3. The topological polar surface area (TPSA) is 59.9 Å². The van der Waals surface area contributed by atoms with Gasteiger partial charge in [-0.15, -0.1) is 0 Å². The summed E-state index contributed by atoms with van der Waals surface area (Å²) in [5, 5.41) is 4.15. The van der Waals surface area contributed by atoms with E-state index in [2.05, 4.69) is 10.5 Å². The first-order chi connectivity index (χ1) is 15.0. The number of carbonyl (C=O) groups is 1. The van der Waals surface area contributed by atoms with Crippen LogP contribution >= 0.6 is 11.6 Å². The number of hydrogen-bond donors (Lipinski definition) is 1. The zero-order chi connectivity index (χ0) is 22.2. The van der Waals surface area contributed by atoms with Gasteiger partial charge in [-0.3, -0.25) is 4.79 Å².